The fraction of sp³-hybridized carbons (Fsp3) is 1.00. The average Bonchev–Trinajstić information content (AvgIpc) is 2.29. The molecule has 1 aliphatic rings. The van der Waals surface area contributed by atoms with Crippen LogP contribution in [-0.2, 0) is 0 Å². The Labute approximate surface area is 109 Å². The van der Waals surface area contributed by atoms with Crippen molar-refractivity contribution in [1.29, 1.82) is 0 Å². The van der Waals surface area contributed by atoms with Crippen LogP contribution >= 0.6 is 15.9 Å². The van der Waals surface area contributed by atoms with Crippen LogP contribution < -0.4 is 0 Å². The molecule has 16 heavy (non-hydrogen) atoms. The molecule has 0 aliphatic carbocycles. The molecule has 0 aromatic carbocycles. The average molecular weight is 291 g/mol. The van der Waals surface area contributed by atoms with E-state index < -0.39 is 0 Å². The molecule has 96 valence electrons. The Morgan fingerprint density at radius 2 is 1.88 bits per heavy atom. The molecule has 1 aliphatic heterocycles. The van der Waals surface area contributed by atoms with E-state index in [0.29, 0.717) is 11.5 Å². The van der Waals surface area contributed by atoms with Crippen molar-refractivity contribution < 1.29 is 0 Å². The van der Waals surface area contributed by atoms with E-state index in [1.807, 2.05) is 0 Å². The van der Waals surface area contributed by atoms with E-state index in [9.17, 15) is 0 Å². The second kappa shape index (κ2) is 6.36. The first-order chi connectivity index (χ1) is 7.56. The number of hydrogen-bond donors (Lipinski definition) is 0. The van der Waals surface area contributed by atoms with Crippen LogP contribution in [0, 0.1) is 5.41 Å². The molecule has 1 heterocycles. The largest absolute Gasteiger partial charge is 0.304 e. The molecule has 0 aromatic heterocycles. The third kappa shape index (κ3) is 3.44. The van der Waals surface area contributed by atoms with Crippen LogP contribution in [0.25, 0.3) is 0 Å². The van der Waals surface area contributed by atoms with Gasteiger partial charge in [-0.05, 0) is 32.2 Å². The van der Waals surface area contributed by atoms with Gasteiger partial charge in [-0.1, -0.05) is 29.8 Å². The van der Waals surface area contributed by atoms with Gasteiger partial charge in [0.05, 0.1) is 0 Å². The van der Waals surface area contributed by atoms with Crippen LogP contribution in [0.4, 0.5) is 0 Å². The fourth-order valence-electron chi connectivity index (χ4n) is 2.55. The van der Waals surface area contributed by atoms with E-state index in [1.165, 1.54) is 39.0 Å². The third-order valence-electron chi connectivity index (χ3n) is 4.29. The first-order valence-corrected chi connectivity index (χ1v) is 7.67. The molecule has 0 bridgehead atoms. The third-order valence-corrected chi connectivity index (χ3v) is 5.48. The molecule has 0 spiro atoms. The second-order valence-electron chi connectivity index (χ2n) is 5.42. The fourth-order valence-corrected chi connectivity index (χ4v) is 3.52. The Balaban J connectivity index is 2.57. The van der Waals surface area contributed by atoms with Gasteiger partial charge in [0.15, 0.2) is 0 Å². The van der Waals surface area contributed by atoms with Crippen LogP contribution in [0.3, 0.4) is 0 Å². The van der Waals surface area contributed by atoms with Crippen LogP contribution in [0.2, 0.25) is 0 Å². The summed E-state index contributed by atoms with van der Waals surface area (Å²) in [5.41, 5.74) is 0.476. The first kappa shape index (κ1) is 14.5. The lowest BCUT2D eigenvalue weighted by atomic mass is 9.83. The van der Waals surface area contributed by atoms with Gasteiger partial charge in [0.25, 0.3) is 0 Å². The van der Waals surface area contributed by atoms with Gasteiger partial charge in [0.1, 0.15) is 0 Å². The molecule has 0 aromatic rings. The molecule has 1 rings (SSSR count). The van der Waals surface area contributed by atoms with Gasteiger partial charge >= 0.3 is 0 Å². The zero-order valence-corrected chi connectivity index (χ0v) is 12.9. The van der Waals surface area contributed by atoms with Gasteiger partial charge in [0.2, 0.25) is 0 Å². The molecule has 1 unspecified atom stereocenters. The van der Waals surface area contributed by atoms with Crippen molar-refractivity contribution >= 4 is 15.9 Å². The number of rotatable bonds is 5. The number of alkyl halides is 1. The summed E-state index contributed by atoms with van der Waals surface area (Å²) in [7, 11) is 2.23. The normalized spacial score (nSPS) is 24.9. The Bertz CT molecular complexity index is 196. The highest BCUT2D eigenvalue weighted by molar-refractivity contribution is 9.09. The standard InChI is InChI=1S/C13H27BrN2/c1-5-13(6-2,10-14)11-16-8-7-15(4)9-12(16)3/h12H,5-11H2,1-4H3. The van der Waals surface area contributed by atoms with Crippen molar-refractivity contribution in [2.75, 3.05) is 38.6 Å². The van der Waals surface area contributed by atoms with Gasteiger partial charge < -0.3 is 4.90 Å². The van der Waals surface area contributed by atoms with Crippen LogP contribution in [-0.4, -0.2) is 54.4 Å². The number of likely N-dealkylation sites (N-methyl/N-ethyl adjacent to an activating group) is 1. The minimum Gasteiger partial charge on any atom is -0.304 e. The maximum absolute atomic E-state index is 3.71. The van der Waals surface area contributed by atoms with Gasteiger partial charge in [-0.15, -0.1) is 0 Å². The van der Waals surface area contributed by atoms with Crippen LogP contribution in [0.5, 0.6) is 0 Å². The van der Waals surface area contributed by atoms with Gasteiger partial charge in [0, 0.05) is 37.6 Å². The molecule has 1 atom stereocenters. The monoisotopic (exact) mass is 290 g/mol. The van der Waals surface area contributed by atoms with E-state index in [1.54, 1.807) is 0 Å². The Morgan fingerprint density at radius 1 is 1.25 bits per heavy atom. The molecule has 0 saturated carbocycles. The van der Waals surface area contributed by atoms with E-state index in [0.717, 1.165) is 5.33 Å². The maximum atomic E-state index is 3.71. The molecular weight excluding hydrogens is 264 g/mol. The summed E-state index contributed by atoms with van der Waals surface area (Å²) < 4.78 is 0. The van der Waals surface area contributed by atoms with Gasteiger partial charge in [-0.2, -0.15) is 0 Å². The number of hydrogen-bond acceptors (Lipinski definition) is 2. The summed E-state index contributed by atoms with van der Waals surface area (Å²) in [6.07, 6.45) is 2.54. The zero-order chi connectivity index (χ0) is 12.2. The quantitative estimate of drug-likeness (QED) is 0.719. The van der Waals surface area contributed by atoms with Crippen molar-refractivity contribution in [2.24, 2.45) is 5.41 Å². The molecular formula is C13H27BrN2. The number of nitrogens with zero attached hydrogens (tertiary/aromatic N) is 2. The van der Waals surface area contributed by atoms with E-state index in [4.69, 9.17) is 0 Å². The molecule has 0 radical (unpaired) electrons. The summed E-state index contributed by atoms with van der Waals surface area (Å²) in [6.45, 7) is 11.9. The molecule has 1 fully saturated rings. The summed E-state index contributed by atoms with van der Waals surface area (Å²) in [4.78, 5) is 5.11. The molecule has 3 heteroatoms. The lowest BCUT2D eigenvalue weighted by Crippen LogP contribution is -2.53. The number of piperazine rings is 1. The molecule has 0 N–H and O–H groups in total. The Kier molecular flexibility index (Phi) is 5.75. The van der Waals surface area contributed by atoms with Crippen molar-refractivity contribution in [3.8, 4) is 0 Å². The Hall–Kier alpha value is 0.400. The SMILES string of the molecule is CCC(CC)(CBr)CN1CCN(C)CC1C. The number of halogens is 1. The lowest BCUT2D eigenvalue weighted by molar-refractivity contribution is 0.0588. The minimum atomic E-state index is 0.476. The van der Waals surface area contributed by atoms with E-state index >= 15 is 0 Å². The summed E-state index contributed by atoms with van der Waals surface area (Å²) >= 11 is 3.71. The Morgan fingerprint density at radius 3 is 2.31 bits per heavy atom. The van der Waals surface area contributed by atoms with E-state index in [2.05, 4.69) is 53.5 Å². The topological polar surface area (TPSA) is 6.48 Å². The highest BCUT2D eigenvalue weighted by Crippen LogP contribution is 2.31. The molecule has 2 nitrogen and oxygen atoms in total. The van der Waals surface area contributed by atoms with Crippen molar-refractivity contribution in [2.45, 2.75) is 39.7 Å². The highest BCUT2D eigenvalue weighted by Gasteiger charge is 2.31. The van der Waals surface area contributed by atoms with E-state index in [-0.39, 0.29) is 0 Å². The summed E-state index contributed by atoms with van der Waals surface area (Å²) in [5.74, 6) is 0. The second-order valence-corrected chi connectivity index (χ2v) is 5.98. The summed E-state index contributed by atoms with van der Waals surface area (Å²) in [5, 5.41) is 1.13. The van der Waals surface area contributed by atoms with Crippen LogP contribution in [0.1, 0.15) is 33.6 Å². The highest BCUT2D eigenvalue weighted by atomic mass is 79.9. The van der Waals surface area contributed by atoms with Crippen molar-refractivity contribution in [3.05, 3.63) is 0 Å². The van der Waals surface area contributed by atoms with Crippen molar-refractivity contribution in [1.82, 2.24) is 9.80 Å². The summed E-state index contributed by atoms with van der Waals surface area (Å²) in [6, 6.07) is 0.704. The van der Waals surface area contributed by atoms with Gasteiger partial charge in [-0.25, -0.2) is 0 Å². The zero-order valence-electron chi connectivity index (χ0n) is 11.3. The maximum Gasteiger partial charge on any atom is 0.0195 e. The lowest BCUT2D eigenvalue weighted by Gasteiger charge is -2.43. The van der Waals surface area contributed by atoms with Crippen LogP contribution in [0.15, 0.2) is 0 Å². The minimum absolute atomic E-state index is 0.476. The molecule has 1 saturated heterocycles. The molecule has 0 amide bonds. The first-order valence-electron chi connectivity index (χ1n) is 6.55. The predicted octanol–water partition coefficient (Wildman–Crippen LogP) is 2.82. The van der Waals surface area contributed by atoms with Gasteiger partial charge in [-0.3, -0.25) is 4.90 Å². The predicted molar refractivity (Wildman–Crippen MR) is 75.3 cm³/mol. The smallest absolute Gasteiger partial charge is 0.0195 e. The van der Waals surface area contributed by atoms with Crippen molar-refractivity contribution in [3.63, 3.8) is 0 Å².